The number of rotatable bonds is 3. The van der Waals surface area contributed by atoms with E-state index >= 15 is 0 Å². The molecule has 1 saturated carbocycles. The highest BCUT2D eigenvalue weighted by Crippen LogP contribution is 2.32. The van der Waals surface area contributed by atoms with Gasteiger partial charge in [0.1, 0.15) is 0 Å². The SMILES string of the molecule is C1CCCCC1.C=NN=C.CC.CC.CCCC1=Nc2cc(cc(C(C)(C)C)c2)C(C)=C1. The molecule has 32 heavy (non-hydrogen) atoms. The van der Waals surface area contributed by atoms with E-state index in [4.69, 9.17) is 4.99 Å². The fourth-order valence-corrected chi connectivity index (χ4v) is 3.31. The summed E-state index contributed by atoms with van der Waals surface area (Å²) >= 11 is 0. The first-order chi connectivity index (χ1) is 15.3. The summed E-state index contributed by atoms with van der Waals surface area (Å²) in [4.78, 5) is 4.78. The fraction of sp³-hybridized carbons (Fsp3) is 0.621. The fourth-order valence-electron chi connectivity index (χ4n) is 3.31. The number of benzene rings is 1. The van der Waals surface area contributed by atoms with E-state index in [0.29, 0.717) is 0 Å². The van der Waals surface area contributed by atoms with Crippen LogP contribution in [-0.4, -0.2) is 19.1 Å². The third-order valence-electron chi connectivity index (χ3n) is 5.00. The molecule has 1 aromatic rings. The lowest BCUT2D eigenvalue weighted by molar-refractivity contribution is 0.504. The highest BCUT2D eigenvalue weighted by atomic mass is 15.2. The molecule has 0 unspecified atom stereocenters. The Morgan fingerprint density at radius 2 is 1.31 bits per heavy atom. The smallest absolute Gasteiger partial charge is 0.0641 e. The topological polar surface area (TPSA) is 37.1 Å². The van der Waals surface area contributed by atoms with E-state index in [-0.39, 0.29) is 5.41 Å². The predicted octanol–water partition coefficient (Wildman–Crippen LogP) is 9.97. The van der Waals surface area contributed by atoms with Gasteiger partial charge >= 0.3 is 0 Å². The summed E-state index contributed by atoms with van der Waals surface area (Å²) in [6.07, 6.45) is 13.4. The van der Waals surface area contributed by atoms with Gasteiger partial charge in [0.15, 0.2) is 0 Å². The van der Waals surface area contributed by atoms with Gasteiger partial charge in [-0.05, 0) is 53.7 Å². The minimum atomic E-state index is 0.176. The molecular formula is C29H51N3. The molecule has 3 rings (SSSR count). The van der Waals surface area contributed by atoms with Crippen molar-refractivity contribution in [2.45, 2.75) is 119 Å². The molecule has 0 saturated heterocycles. The second-order valence-corrected chi connectivity index (χ2v) is 8.60. The largest absolute Gasteiger partial charge is 0.253 e. The molecule has 3 nitrogen and oxygen atoms in total. The van der Waals surface area contributed by atoms with E-state index in [0.717, 1.165) is 18.5 Å². The molecule has 0 N–H and O–H groups in total. The van der Waals surface area contributed by atoms with Crippen LogP contribution in [0.25, 0.3) is 5.57 Å². The monoisotopic (exact) mass is 441 g/mol. The van der Waals surface area contributed by atoms with E-state index in [1.54, 1.807) is 0 Å². The molecule has 0 spiro atoms. The van der Waals surface area contributed by atoms with Crippen LogP contribution in [0.4, 0.5) is 5.69 Å². The van der Waals surface area contributed by atoms with Crippen LogP contribution in [-0.2, 0) is 5.41 Å². The molecule has 182 valence electrons. The number of nitrogens with zero attached hydrogens (tertiary/aromatic N) is 3. The Morgan fingerprint density at radius 1 is 0.844 bits per heavy atom. The lowest BCUT2D eigenvalue weighted by Crippen LogP contribution is -2.11. The second kappa shape index (κ2) is 19.6. The minimum absolute atomic E-state index is 0.176. The van der Waals surface area contributed by atoms with Gasteiger partial charge in [0, 0.05) is 19.1 Å². The molecule has 0 radical (unpaired) electrons. The number of fused-ring (bicyclic) bond motifs is 2. The van der Waals surface area contributed by atoms with Crippen LogP contribution in [0.2, 0.25) is 0 Å². The Labute approximate surface area is 200 Å². The van der Waals surface area contributed by atoms with Crippen LogP contribution in [0.15, 0.2) is 39.5 Å². The molecule has 0 atom stereocenters. The molecule has 0 aromatic heterocycles. The summed E-state index contributed by atoms with van der Waals surface area (Å²) in [7, 11) is 0. The van der Waals surface area contributed by atoms with Crippen molar-refractivity contribution >= 4 is 30.4 Å². The van der Waals surface area contributed by atoms with Crippen LogP contribution in [0, 0.1) is 0 Å². The van der Waals surface area contributed by atoms with E-state index in [2.05, 4.69) is 82.5 Å². The molecule has 3 heteroatoms. The average Bonchev–Trinajstić information content (AvgIpc) is 2.92. The van der Waals surface area contributed by atoms with Gasteiger partial charge in [-0.25, -0.2) is 0 Å². The van der Waals surface area contributed by atoms with E-state index < -0.39 is 0 Å². The quantitative estimate of drug-likeness (QED) is 0.330. The van der Waals surface area contributed by atoms with Crippen molar-refractivity contribution in [2.75, 3.05) is 0 Å². The molecule has 1 aromatic carbocycles. The van der Waals surface area contributed by atoms with Crippen molar-refractivity contribution in [3.63, 3.8) is 0 Å². The van der Waals surface area contributed by atoms with Crippen molar-refractivity contribution in [1.82, 2.24) is 0 Å². The van der Waals surface area contributed by atoms with Crippen molar-refractivity contribution in [3.8, 4) is 0 Å². The standard InChI is InChI=1S/C17H23N.C6H12.C2H4N2.2C2H6/c1-6-7-15-8-12(2)13-9-14(17(3,4)5)11-16(10-13)18-15;1-2-4-6-5-3-1;1-3-4-2;2*1-2/h8-11H,6-7H2,1-5H3;1-6H2;1-2H2;2*1-2H3. The summed E-state index contributed by atoms with van der Waals surface area (Å²) in [6, 6.07) is 6.73. The zero-order valence-corrected chi connectivity index (χ0v) is 22.7. The van der Waals surface area contributed by atoms with Crippen LogP contribution >= 0.6 is 0 Å². The summed E-state index contributed by atoms with van der Waals surface area (Å²) < 4.78 is 0. The number of hydrogen-bond acceptors (Lipinski definition) is 3. The zero-order chi connectivity index (χ0) is 25.0. The van der Waals surface area contributed by atoms with Crippen LogP contribution in [0.5, 0.6) is 0 Å². The van der Waals surface area contributed by atoms with Gasteiger partial charge in [-0.3, -0.25) is 4.99 Å². The van der Waals surface area contributed by atoms with E-state index in [9.17, 15) is 0 Å². The molecule has 2 aliphatic rings. The van der Waals surface area contributed by atoms with Gasteiger partial charge in [-0.15, -0.1) is 0 Å². The summed E-state index contributed by atoms with van der Waals surface area (Å²) in [6.45, 7) is 25.1. The van der Waals surface area contributed by atoms with Crippen molar-refractivity contribution < 1.29 is 0 Å². The van der Waals surface area contributed by atoms with Gasteiger partial charge in [0.05, 0.1) is 5.69 Å². The lowest BCUT2D eigenvalue weighted by Gasteiger charge is -2.20. The van der Waals surface area contributed by atoms with E-state index in [1.165, 1.54) is 60.9 Å². The molecule has 1 heterocycles. The minimum Gasteiger partial charge on any atom is -0.253 e. The molecule has 1 aliphatic heterocycles. The van der Waals surface area contributed by atoms with Gasteiger partial charge in [-0.1, -0.05) is 106 Å². The molecule has 1 fully saturated rings. The van der Waals surface area contributed by atoms with Gasteiger partial charge in [-0.2, -0.15) is 10.2 Å². The number of allylic oxidation sites excluding steroid dienone is 2. The van der Waals surface area contributed by atoms with Crippen molar-refractivity contribution in [2.24, 2.45) is 15.2 Å². The third kappa shape index (κ3) is 14.1. The maximum Gasteiger partial charge on any atom is 0.0641 e. The van der Waals surface area contributed by atoms with Crippen LogP contribution < -0.4 is 0 Å². The summed E-state index contributed by atoms with van der Waals surface area (Å²) in [5.74, 6) is 0. The Balaban J connectivity index is 0. The molecule has 2 bridgehead atoms. The normalized spacial score (nSPS) is 13.9. The van der Waals surface area contributed by atoms with E-state index in [1.807, 2.05) is 27.7 Å². The Kier molecular flexibility index (Phi) is 19.7. The van der Waals surface area contributed by atoms with Crippen molar-refractivity contribution in [3.05, 3.63) is 35.4 Å². The van der Waals surface area contributed by atoms with Crippen LogP contribution in [0.1, 0.15) is 125 Å². The first-order valence-corrected chi connectivity index (χ1v) is 12.6. The Bertz CT molecular complexity index is 669. The third-order valence-corrected chi connectivity index (χ3v) is 5.00. The highest BCUT2D eigenvalue weighted by molar-refractivity contribution is 6.03. The van der Waals surface area contributed by atoms with Gasteiger partial charge < -0.3 is 0 Å². The average molecular weight is 442 g/mol. The Morgan fingerprint density at radius 3 is 1.69 bits per heavy atom. The molecular weight excluding hydrogens is 390 g/mol. The molecule has 0 amide bonds. The Hall–Kier alpha value is -2.03. The highest BCUT2D eigenvalue weighted by Gasteiger charge is 2.17. The zero-order valence-electron chi connectivity index (χ0n) is 22.7. The summed E-state index contributed by atoms with van der Waals surface area (Å²) in [5.41, 5.74) is 6.49. The van der Waals surface area contributed by atoms with Gasteiger partial charge in [0.2, 0.25) is 0 Å². The van der Waals surface area contributed by atoms with Gasteiger partial charge in [0.25, 0.3) is 0 Å². The number of aliphatic imine (C=N–C) groups is 1. The predicted molar refractivity (Wildman–Crippen MR) is 150 cm³/mol. The summed E-state index contributed by atoms with van der Waals surface area (Å²) in [5, 5.41) is 6.00. The first kappa shape index (κ1) is 32.2. The van der Waals surface area contributed by atoms with Crippen LogP contribution in [0.3, 0.4) is 0 Å². The maximum atomic E-state index is 4.78. The maximum absolute atomic E-state index is 4.78. The molecule has 1 aliphatic carbocycles. The van der Waals surface area contributed by atoms with Crippen molar-refractivity contribution in [1.29, 1.82) is 0 Å². The first-order valence-electron chi connectivity index (χ1n) is 12.6. The second-order valence-electron chi connectivity index (χ2n) is 8.60. The number of hydrogen-bond donors (Lipinski definition) is 0. The lowest BCUT2D eigenvalue weighted by atomic mass is 9.85.